The van der Waals surface area contributed by atoms with Crippen LogP contribution in [-0.2, 0) is 11.2 Å². The van der Waals surface area contributed by atoms with Crippen LogP contribution in [0.15, 0.2) is 79.0 Å². The normalized spacial score (nSPS) is 14.9. The Balaban J connectivity index is 1.43. The minimum Gasteiger partial charge on any atom is -0.490 e. The summed E-state index contributed by atoms with van der Waals surface area (Å²) in [6, 6.07) is 23.9. The second-order valence-corrected chi connectivity index (χ2v) is 8.24. The lowest BCUT2D eigenvalue weighted by Gasteiger charge is -2.28. The molecule has 0 saturated heterocycles. The molecular formula is C27H30N2O2. The van der Waals surface area contributed by atoms with Crippen LogP contribution in [0.3, 0.4) is 0 Å². The first-order valence-corrected chi connectivity index (χ1v) is 11.2. The number of amides is 1. The van der Waals surface area contributed by atoms with Crippen LogP contribution in [0.2, 0.25) is 0 Å². The second-order valence-electron chi connectivity index (χ2n) is 8.24. The van der Waals surface area contributed by atoms with Gasteiger partial charge in [-0.1, -0.05) is 48.5 Å². The molecule has 1 aliphatic rings. The summed E-state index contributed by atoms with van der Waals surface area (Å²) in [5.41, 5.74) is 3.06. The summed E-state index contributed by atoms with van der Waals surface area (Å²) < 4.78 is 6.12. The molecule has 4 nitrogen and oxygen atoms in total. The predicted octanol–water partition coefficient (Wildman–Crippen LogP) is 5.58. The zero-order valence-corrected chi connectivity index (χ0v) is 18.1. The molecule has 0 spiro atoms. The highest BCUT2D eigenvalue weighted by Gasteiger charge is 2.24. The molecule has 160 valence electrons. The molecule has 1 aliphatic carbocycles. The van der Waals surface area contributed by atoms with Crippen molar-refractivity contribution in [3.63, 3.8) is 0 Å². The van der Waals surface area contributed by atoms with Gasteiger partial charge in [0.05, 0.1) is 17.8 Å². The van der Waals surface area contributed by atoms with Gasteiger partial charge in [0.1, 0.15) is 5.75 Å². The summed E-state index contributed by atoms with van der Waals surface area (Å²) in [6.45, 7) is 0. The van der Waals surface area contributed by atoms with Crippen LogP contribution < -0.4 is 4.74 Å². The van der Waals surface area contributed by atoms with E-state index in [1.54, 1.807) is 6.20 Å². The van der Waals surface area contributed by atoms with Gasteiger partial charge < -0.3 is 9.64 Å². The Kier molecular flexibility index (Phi) is 6.98. The van der Waals surface area contributed by atoms with Gasteiger partial charge in [-0.15, -0.1) is 0 Å². The van der Waals surface area contributed by atoms with E-state index in [0.717, 1.165) is 35.4 Å². The summed E-state index contributed by atoms with van der Waals surface area (Å²) in [7, 11) is 1.87. The SMILES string of the molecule is CN(C(=O)CCc1cccc(OC2CCCC2)c1)C(c1ccccc1)c1ccccn1. The van der Waals surface area contributed by atoms with Crippen LogP contribution in [0.1, 0.15) is 55.0 Å². The molecular weight excluding hydrogens is 384 g/mol. The van der Waals surface area contributed by atoms with Crippen LogP contribution in [-0.4, -0.2) is 28.9 Å². The number of carbonyl (C=O) groups is 1. The molecule has 31 heavy (non-hydrogen) atoms. The molecule has 1 atom stereocenters. The summed E-state index contributed by atoms with van der Waals surface area (Å²) in [5, 5.41) is 0. The first-order chi connectivity index (χ1) is 15.2. The molecule has 0 aliphatic heterocycles. The standard InChI is InChI=1S/C27H30N2O2/c1-29(27(22-11-3-2-4-12-22)25-16-7-8-19-28-25)26(30)18-17-21-10-9-15-24(20-21)31-23-13-5-6-14-23/h2-4,7-12,15-16,19-20,23,27H,5-6,13-14,17-18H2,1H3. The maximum atomic E-state index is 13.1. The Morgan fingerprint density at radius 3 is 2.55 bits per heavy atom. The van der Waals surface area contributed by atoms with Crippen molar-refractivity contribution in [3.05, 3.63) is 95.8 Å². The quantitative estimate of drug-likeness (QED) is 0.483. The summed E-state index contributed by atoms with van der Waals surface area (Å²) in [6.07, 6.45) is 8.04. The first kappa shape index (κ1) is 21.1. The Hall–Kier alpha value is -3.14. The highest BCUT2D eigenvalue weighted by atomic mass is 16.5. The number of hydrogen-bond donors (Lipinski definition) is 0. The highest BCUT2D eigenvalue weighted by molar-refractivity contribution is 5.77. The fraction of sp³-hybridized carbons (Fsp3) is 0.333. The third kappa shape index (κ3) is 5.52. The maximum Gasteiger partial charge on any atom is 0.223 e. The number of aromatic nitrogens is 1. The van der Waals surface area contributed by atoms with Crippen LogP contribution in [0.4, 0.5) is 0 Å². The molecule has 0 radical (unpaired) electrons. The number of nitrogens with zero attached hydrogens (tertiary/aromatic N) is 2. The molecule has 1 fully saturated rings. The monoisotopic (exact) mass is 414 g/mol. The Morgan fingerprint density at radius 2 is 1.81 bits per heavy atom. The van der Waals surface area contributed by atoms with Crippen LogP contribution >= 0.6 is 0 Å². The van der Waals surface area contributed by atoms with Gasteiger partial charge in [0.15, 0.2) is 0 Å². The van der Waals surface area contributed by atoms with E-state index in [1.165, 1.54) is 12.8 Å². The molecule has 1 heterocycles. The third-order valence-corrected chi connectivity index (χ3v) is 5.99. The minimum atomic E-state index is -0.202. The van der Waals surface area contributed by atoms with E-state index in [1.807, 2.05) is 72.6 Å². The lowest BCUT2D eigenvalue weighted by atomic mass is 10.0. The third-order valence-electron chi connectivity index (χ3n) is 5.99. The number of ether oxygens (including phenoxy) is 1. The van der Waals surface area contributed by atoms with E-state index < -0.39 is 0 Å². The van der Waals surface area contributed by atoms with Crippen molar-refractivity contribution >= 4 is 5.91 Å². The van der Waals surface area contributed by atoms with Crippen molar-refractivity contribution in [2.75, 3.05) is 7.05 Å². The lowest BCUT2D eigenvalue weighted by Crippen LogP contribution is -2.32. The molecule has 1 amide bonds. The average molecular weight is 415 g/mol. The van der Waals surface area contributed by atoms with Crippen LogP contribution in [0.25, 0.3) is 0 Å². The Bertz CT molecular complexity index is 929. The van der Waals surface area contributed by atoms with E-state index in [9.17, 15) is 4.79 Å². The van der Waals surface area contributed by atoms with Gasteiger partial charge in [0, 0.05) is 19.7 Å². The molecule has 2 aromatic carbocycles. The van der Waals surface area contributed by atoms with Crippen molar-refractivity contribution in [2.45, 2.75) is 50.7 Å². The molecule has 0 bridgehead atoms. The van der Waals surface area contributed by atoms with E-state index in [0.29, 0.717) is 18.9 Å². The summed E-state index contributed by atoms with van der Waals surface area (Å²) in [4.78, 5) is 19.5. The topological polar surface area (TPSA) is 42.4 Å². The molecule has 0 N–H and O–H groups in total. The van der Waals surface area contributed by atoms with E-state index >= 15 is 0 Å². The number of rotatable bonds is 8. The van der Waals surface area contributed by atoms with Gasteiger partial charge in [-0.2, -0.15) is 0 Å². The fourth-order valence-electron chi connectivity index (χ4n) is 4.31. The predicted molar refractivity (Wildman–Crippen MR) is 123 cm³/mol. The molecule has 1 unspecified atom stereocenters. The molecule has 1 aromatic heterocycles. The van der Waals surface area contributed by atoms with E-state index in [-0.39, 0.29) is 11.9 Å². The fourth-order valence-corrected chi connectivity index (χ4v) is 4.31. The molecule has 1 saturated carbocycles. The van der Waals surface area contributed by atoms with Crippen molar-refractivity contribution in [2.24, 2.45) is 0 Å². The number of aryl methyl sites for hydroxylation is 1. The van der Waals surface area contributed by atoms with Gasteiger partial charge >= 0.3 is 0 Å². The molecule has 3 aromatic rings. The van der Waals surface area contributed by atoms with Gasteiger partial charge in [-0.3, -0.25) is 9.78 Å². The maximum absolute atomic E-state index is 13.1. The second kappa shape index (κ2) is 10.3. The van der Waals surface area contributed by atoms with Gasteiger partial charge in [0.25, 0.3) is 0 Å². The average Bonchev–Trinajstić information content (AvgIpc) is 3.32. The van der Waals surface area contributed by atoms with Crippen molar-refractivity contribution in [1.29, 1.82) is 0 Å². The molecule has 4 heteroatoms. The summed E-state index contributed by atoms with van der Waals surface area (Å²) in [5.74, 6) is 1.02. The Labute approximate surface area is 184 Å². The highest BCUT2D eigenvalue weighted by Crippen LogP contribution is 2.28. The van der Waals surface area contributed by atoms with Crippen molar-refractivity contribution in [1.82, 2.24) is 9.88 Å². The number of benzene rings is 2. The Morgan fingerprint density at radius 1 is 1.03 bits per heavy atom. The smallest absolute Gasteiger partial charge is 0.223 e. The summed E-state index contributed by atoms with van der Waals surface area (Å²) >= 11 is 0. The van der Waals surface area contributed by atoms with E-state index in [2.05, 4.69) is 17.1 Å². The minimum absolute atomic E-state index is 0.0987. The van der Waals surface area contributed by atoms with Crippen LogP contribution in [0.5, 0.6) is 5.75 Å². The molecule has 4 rings (SSSR count). The number of carbonyl (C=O) groups excluding carboxylic acids is 1. The van der Waals surface area contributed by atoms with Gasteiger partial charge in [-0.05, 0) is 67.5 Å². The first-order valence-electron chi connectivity index (χ1n) is 11.2. The largest absolute Gasteiger partial charge is 0.490 e. The van der Waals surface area contributed by atoms with E-state index in [4.69, 9.17) is 4.74 Å². The van der Waals surface area contributed by atoms with Gasteiger partial charge in [0.2, 0.25) is 5.91 Å². The van der Waals surface area contributed by atoms with Crippen molar-refractivity contribution in [3.8, 4) is 5.75 Å². The number of pyridine rings is 1. The lowest BCUT2D eigenvalue weighted by molar-refractivity contribution is -0.131. The van der Waals surface area contributed by atoms with Crippen molar-refractivity contribution < 1.29 is 9.53 Å². The number of hydrogen-bond acceptors (Lipinski definition) is 3. The van der Waals surface area contributed by atoms with Gasteiger partial charge in [-0.25, -0.2) is 0 Å². The zero-order chi connectivity index (χ0) is 21.5. The zero-order valence-electron chi connectivity index (χ0n) is 18.1. The van der Waals surface area contributed by atoms with Crippen LogP contribution in [0, 0.1) is 0 Å².